The summed E-state index contributed by atoms with van der Waals surface area (Å²) in [5.74, 6) is 0. The van der Waals surface area contributed by atoms with E-state index in [-0.39, 0.29) is 0 Å². The molecule has 0 aromatic carbocycles. The van der Waals surface area contributed by atoms with E-state index in [1.807, 2.05) is 0 Å². The summed E-state index contributed by atoms with van der Waals surface area (Å²) in [6.45, 7) is 20.1. The highest BCUT2D eigenvalue weighted by atomic mass is 35.7. The van der Waals surface area contributed by atoms with Crippen LogP contribution in [-0.4, -0.2) is 31.7 Å². The summed E-state index contributed by atoms with van der Waals surface area (Å²) in [6, 6.07) is 0. The molecule has 1 N–H and O–H groups in total. The zero-order chi connectivity index (χ0) is 35.3. The van der Waals surface area contributed by atoms with E-state index in [0.29, 0.717) is 0 Å². The minimum atomic E-state index is -4.94. The Hall–Kier alpha value is -2.88. The predicted molar refractivity (Wildman–Crippen MR) is 186 cm³/mol. The molecule has 0 fully saturated rings. The first kappa shape index (κ1) is 36.4. The standard InChI is InChI=1S/C37H48N4OP.ClHO4/c1-10-22-23(11-2)31-19-35-28(16-7)29(17-8)37-21-33-25(13-4)24(12-3)32(39-33)20-36-27(15-6)26(14-5)34(18-30(22)38-31)40(36)43(9,42)41(35)37;2-1(3,4)5/h18-21,42H,10-17H2,1-9H3;(H,2,3,4,5)/q+1;/p-1. The molecule has 0 saturated heterocycles. The van der Waals surface area contributed by atoms with E-state index >= 15 is 0 Å². The number of aliphatic imine (C=N–C) groups is 2. The van der Waals surface area contributed by atoms with Crippen molar-refractivity contribution >= 4 is 43.5 Å². The predicted octanol–water partition coefficient (Wildman–Crippen LogP) is 2.98. The van der Waals surface area contributed by atoms with Crippen molar-refractivity contribution in [3.63, 3.8) is 0 Å². The first-order chi connectivity index (χ1) is 22.7. The third kappa shape index (κ3) is 5.98. The molecule has 6 bridgehead atoms. The van der Waals surface area contributed by atoms with Crippen LogP contribution in [0.4, 0.5) is 0 Å². The monoisotopic (exact) mass is 694 g/mol. The van der Waals surface area contributed by atoms with Crippen molar-refractivity contribution in [3.8, 4) is 0 Å². The van der Waals surface area contributed by atoms with Gasteiger partial charge in [0.2, 0.25) is 0 Å². The van der Waals surface area contributed by atoms with Gasteiger partial charge in [-0.3, -0.25) is 0 Å². The maximum Gasteiger partial charge on any atom is 0.337 e. The van der Waals surface area contributed by atoms with E-state index in [4.69, 9.17) is 28.6 Å². The fraction of sp³-hybridized carbons (Fsp3) is 0.459. The molecule has 0 spiro atoms. The van der Waals surface area contributed by atoms with Gasteiger partial charge in [-0.15, -0.1) is 10.2 Å². The number of halogens is 1. The molecule has 258 valence electrons. The average Bonchev–Trinajstić information content (AvgIpc) is 3.72. The normalized spacial score (nSPS) is 19.6. The van der Waals surface area contributed by atoms with Gasteiger partial charge in [-0.2, -0.15) is 8.68 Å². The second-order valence-electron chi connectivity index (χ2n) is 12.4. The number of aromatic nitrogens is 2. The number of fused-ring (bicyclic) bond motifs is 2. The summed E-state index contributed by atoms with van der Waals surface area (Å²) in [7, 11) is -7.96. The van der Waals surface area contributed by atoms with Gasteiger partial charge in [0, 0.05) is 0 Å². The van der Waals surface area contributed by atoms with Gasteiger partial charge in [-0.25, -0.2) is 33.5 Å². The van der Waals surface area contributed by atoms with Gasteiger partial charge < -0.3 is 0 Å². The molecule has 2 aromatic rings. The SMILES string of the molecule is CCC1=C(CC)C2=NC1=Cc1c(CC)c(CC)c3n1[P+](C)(O)n1c(c(CC)c(CC)c1=CC1=NC(=C3)C(CC)=C1CC)=C2.[O-][Cl+3]([O-])([O-])[O-]. The first-order valence-corrected chi connectivity index (χ1v) is 20.6. The average molecular weight is 695 g/mol. The summed E-state index contributed by atoms with van der Waals surface area (Å²) >= 11 is 0. The van der Waals surface area contributed by atoms with E-state index in [0.717, 1.165) is 96.3 Å². The van der Waals surface area contributed by atoms with Crippen LogP contribution in [0.1, 0.15) is 115 Å². The largest absolute Gasteiger partial charge is 0.337 e. The highest BCUT2D eigenvalue weighted by molar-refractivity contribution is 7.66. The first-order valence-electron chi connectivity index (χ1n) is 17.2. The molecule has 11 heteroatoms. The van der Waals surface area contributed by atoms with Crippen molar-refractivity contribution in [3.05, 3.63) is 78.0 Å². The van der Waals surface area contributed by atoms with Gasteiger partial charge in [0.05, 0.1) is 44.9 Å². The molecule has 4 aliphatic heterocycles. The number of hydrogen-bond donors (Lipinski definition) is 1. The lowest BCUT2D eigenvalue weighted by Crippen LogP contribution is -2.68. The molecule has 48 heavy (non-hydrogen) atoms. The number of allylic oxidation sites excluding steroid dienone is 4. The van der Waals surface area contributed by atoms with E-state index in [1.165, 1.54) is 44.5 Å². The summed E-state index contributed by atoms with van der Waals surface area (Å²) in [6.07, 6.45) is 16.5. The molecule has 6 rings (SSSR count). The molecule has 1 unspecified atom stereocenters. The Morgan fingerprint density at radius 1 is 0.542 bits per heavy atom. The molecule has 0 aliphatic carbocycles. The van der Waals surface area contributed by atoms with E-state index in [1.54, 1.807) is 0 Å². The van der Waals surface area contributed by atoms with E-state index < -0.39 is 18.0 Å². The molecule has 1 atom stereocenters. The second kappa shape index (κ2) is 13.8. The third-order valence-corrected chi connectivity index (χ3v) is 12.4. The lowest BCUT2D eigenvalue weighted by Gasteiger charge is -2.23. The van der Waals surface area contributed by atoms with Crippen LogP contribution in [0.25, 0.3) is 24.3 Å². The summed E-state index contributed by atoms with van der Waals surface area (Å²) < 4.78 is 38.6. The van der Waals surface area contributed by atoms with Crippen molar-refractivity contribution in [2.24, 2.45) is 9.98 Å². The van der Waals surface area contributed by atoms with Crippen molar-refractivity contribution in [2.75, 3.05) is 6.66 Å². The van der Waals surface area contributed by atoms with Crippen LogP contribution in [0, 0.1) is 10.2 Å². The quantitative estimate of drug-likeness (QED) is 0.422. The summed E-state index contributed by atoms with van der Waals surface area (Å²) in [5, 5.41) is 2.21. The van der Waals surface area contributed by atoms with Crippen LogP contribution >= 0.6 is 7.79 Å². The maximum atomic E-state index is 13.3. The summed E-state index contributed by atoms with van der Waals surface area (Å²) in [4.78, 5) is 24.0. The molecular weight excluding hydrogens is 647 g/mol. The van der Waals surface area contributed by atoms with Gasteiger partial charge in [-0.1, -0.05) is 55.4 Å². The fourth-order valence-corrected chi connectivity index (χ4v) is 10.7. The molecule has 0 amide bonds. The third-order valence-electron chi connectivity index (χ3n) is 10.0. The van der Waals surface area contributed by atoms with Crippen LogP contribution in [0.15, 0.2) is 43.7 Å². The van der Waals surface area contributed by atoms with Gasteiger partial charge in [0.25, 0.3) is 0 Å². The highest BCUT2D eigenvalue weighted by Gasteiger charge is 2.44. The zero-order valence-corrected chi connectivity index (χ0v) is 31.3. The molecule has 6 heterocycles. The zero-order valence-electron chi connectivity index (χ0n) is 29.7. The second-order valence-corrected chi connectivity index (χ2v) is 15.7. The smallest absolute Gasteiger partial charge is 0.248 e. The van der Waals surface area contributed by atoms with Gasteiger partial charge >= 0.3 is 7.79 Å². The van der Waals surface area contributed by atoms with Crippen LogP contribution in [-0.2, 0) is 25.7 Å². The molecule has 4 aliphatic rings. The lowest BCUT2D eigenvalue weighted by atomic mass is 9.97. The molecular formula is C37H48ClN4O5P. The Kier molecular flexibility index (Phi) is 10.5. The Morgan fingerprint density at radius 2 is 0.875 bits per heavy atom. The van der Waals surface area contributed by atoms with Crippen molar-refractivity contribution in [1.82, 2.24) is 8.68 Å². The maximum absolute atomic E-state index is 13.3. The summed E-state index contributed by atoms with van der Waals surface area (Å²) in [5.41, 5.74) is 17.0. The van der Waals surface area contributed by atoms with Crippen molar-refractivity contribution in [1.29, 1.82) is 0 Å². The van der Waals surface area contributed by atoms with Crippen LogP contribution in [0.3, 0.4) is 0 Å². The molecule has 9 nitrogen and oxygen atoms in total. The van der Waals surface area contributed by atoms with Crippen molar-refractivity contribution < 1.29 is 33.8 Å². The van der Waals surface area contributed by atoms with Crippen LogP contribution in [0.2, 0.25) is 0 Å². The Morgan fingerprint density at radius 3 is 1.17 bits per heavy atom. The minimum Gasteiger partial charge on any atom is -0.248 e. The topological polar surface area (TPSA) is 147 Å². The fourth-order valence-electron chi connectivity index (χ4n) is 8.19. The Labute approximate surface area is 286 Å². The number of rotatable bonds is 8. The Balaban J connectivity index is 0.000000840. The van der Waals surface area contributed by atoms with Crippen LogP contribution < -0.4 is 29.3 Å². The number of hydrogen-bond acceptors (Lipinski definition) is 7. The van der Waals surface area contributed by atoms with Gasteiger partial charge in [0.1, 0.15) is 6.66 Å². The van der Waals surface area contributed by atoms with Crippen molar-refractivity contribution in [2.45, 2.75) is 107 Å². The van der Waals surface area contributed by atoms with Gasteiger partial charge in [0.15, 0.2) is 0 Å². The number of nitrogens with zero attached hydrogens (tertiary/aromatic N) is 4. The van der Waals surface area contributed by atoms with Crippen LogP contribution in [0.5, 0.6) is 0 Å². The molecule has 0 radical (unpaired) electrons. The van der Waals surface area contributed by atoms with E-state index in [2.05, 4.69) is 95.0 Å². The van der Waals surface area contributed by atoms with E-state index in [9.17, 15) is 4.89 Å². The highest BCUT2D eigenvalue weighted by Crippen LogP contribution is 2.57. The molecule has 2 aromatic heterocycles. The van der Waals surface area contributed by atoms with Gasteiger partial charge in [-0.05, 0) is 120 Å². The minimum absolute atomic E-state index is 0.892. The molecule has 0 saturated carbocycles. The lowest BCUT2D eigenvalue weighted by molar-refractivity contribution is -2.00. The Bertz CT molecular complexity index is 1850.